The summed E-state index contributed by atoms with van der Waals surface area (Å²) in [5.74, 6) is 0.327. The summed E-state index contributed by atoms with van der Waals surface area (Å²) >= 11 is 0. The minimum atomic E-state index is -0.213. The number of nitrogens with zero attached hydrogens (tertiary/aromatic N) is 3. The number of aryl methyl sites for hydroxylation is 1. The van der Waals surface area contributed by atoms with E-state index in [-0.39, 0.29) is 5.91 Å². The normalized spacial score (nSPS) is 10.6. The fourth-order valence-electron chi connectivity index (χ4n) is 1.92. The van der Waals surface area contributed by atoms with Gasteiger partial charge in [0.15, 0.2) is 0 Å². The molecule has 1 N–H and O–H groups in total. The Bertz CT molecular complexity index is 748. The number of aromatic nitrogens is 3. The van der Waals surface area contributed by atoms with Gasteiger partial charge in [0.2, 0.25) is 0 Å². The van der Waals surface area contributed by atoms with Crippen LogP contribution in [0.2, 0.25) is 0 Å². The van der Waals surface area contributed by atoms with Gasteiger partial charge in [0.05, 0.1) is 5.56 Å². The van der Waals surface area contributed by atoms with Crippen molar-refractivity contribution in [3.63, 3.8) is 0 Å². The molecule has 0 spiro atoms. The molecule has 0 aromatic carbocycles. The lowest BCUT2D eigenvalue weighted by Crippen LogP contribution is -2.14. The fourth-order valence-corrected chi connectivity index (χ4v) is 1.92. The van der Waals surface area contributed by atoms with Crippen LogP contribution in [0.1, 0.15) is 16.1 Å². The van der Waals surface area contributed by atoms with Crippen molar-refractivity contribution in [1.82, 2.24) is 14.4 Å². The van der Waals surface area contributed by atoms with E-state index in [0.717, 1.165) is 5.69 Å². The average Bonchev–Trinajstić information content (AvgIpc) is 2.86. The Kier molecular flexibility index (Phi) is 2.72. The third kappa shape index (κ3) is 2.18. The summed E-state index contributed by atoms with van der Waals surface area (Å²) < 4.78 is 1.80. The Morgan fingerprint density at radius 3 is 2.95 bits per heavy atom. The van der Waals surface area contributed by atoms with Crippen LogP contribution in [0.15, 0.2) is 48.9 Å². The Morgan fingerprint density at radius 1 is 1.21 bits per heavy atom. The predicted octanol–water partition coefficient (Wildman–Crippen LogP) is 2.29. The van der Waals surface area contributed by atoms with Gasteiger partial charge in [-0.3, -0.25) is 4.79 Å². The molecule has 0 radical (unpaired) electrons. The van der Waals surface area contributed by atoms with Crippen molar-refractivity contribution in [2.75, 3.05) is 5.32 Å². The summed E-state index contributed by atoms with van der Waals surface area (Å²) in [7, 11) is 0. The average molecular weight is 252 g/mol. The largest absolute Gasteiger partial charge is 0.306 e. The van der Waals surface area contributed by atoms with Gasteiger partial charge >= 0.3 is 0 Å². The van der Waals surface area contributed by atoms with Crippen molar-refractivity contribution in [3.05, 3.63) is 60.2 Å². The lowest BCUT2D eigenvalue weighted by atomic mass is 10.2. The molecule has 0 fully saturated rings. The predicted molar refractivity (Wildman–Crippen MR) is 72.1 cm³/mol. The van der Waals surface area contributed by atoms with Crippen molar-refractivity contribution in [2.45, 2.75) is 6.92 Å². The van der Waals surface area contributed by atoms with Crippen molar-refractivity contribution < 1.29 is 4.79 Å². The third-order valence-electron chi connectivity index (χ3n) is 2.79. The van der Waals surface area contributed by atoms with Crippen molar-refractivity contribution in [2.24, 2.45) is 0 Å². The van der Waals surface area contributed by atoms with Crippen LogP contribution in [0.3, 0.4) is 0 Å². The lowest BCUT2D eigenvalue weighted by molar-refractivity contribution is 0.102. The lowest BCUT2D eigenvalue weighted by Gasteiger charge is -2.06. The number of amides is 1. The summed E-state index contributed by atoms with van der Waals surface area (Å²) in [6.45, 7) is 1.88. The van der Waals surface area contributed by atoms with E-state index in [2.05, 4.69) is 15.3 Å². The molecule has 94 valence electrons. The van der Waals surface area contributed by atoms with Crippen molar-refractivity contribution in [3.8, 4) is 0 Å². The van der Waals surface area contributed by atoms with Gasteiger partial charge in [-0.05, 0) is 31.2 Å². The molecule has 1 amide bonds. The molecule has 0 aliphatic rings. The number of anilines is 1. The first-order valence-corrected chi connectivity index (χ1v) is 5.91. The molecule has 3 rings (SSSR count). The highest BCUT2D eigenvalue weighted by atomic mass is 16.1. The summed E-state index contributed by atoms with van der Waals surface area (Å²) in [5.41, 5.74) is 2.01. The maximum atomic E-state index is 12.2. The second-order valence-electron chi connectivity index (χ2n) is 4.20. The standard InChI is InChI=1S/C14H12N4O/c1-10-4-2-6-12(16-10)17-14(19)11-5-3-8-18-9-7-15-13(11)18/h2-9H,1H3,(H,16,17,19). The van der Waals surface area contributed by atoms with Crippen LogP contribution in [-0.2, 0) is 0 Å². The van der Waals surface area contributed by atoms with E-state index in [1.807, 2.05) is 31.3 Å². The molecule has 3 aromatic heterocycles. The van der Waals surface area contributed by atoms with Gasteiger partial charge in [0, 0.05) is 24.3 Å². The minimum Gasteiger partial charge on any atom is -0.306 e. The number of fused-ring (bicyclic) bond motifs is 1. The molecule has 0 atom stereocenters. The topological polar surface area (TPSA) is 59.3 Å². The molecule has 5 nitrogen and oxygen atoms in total. The third-order valence-corrected chi connectivity index (χ3v) is 2.79. The first-order chi connectivity index (χ1) is 9.24. The number of hydrogen-bond acceptors (Lipinski definition) is 3. The second-order valence-corrected chi connectivity index (χ2v) is 4.20. The molecule has 3 aromatic rings. The first kappa shape index (κ1) is 11.4. The van der Waals surface area contributed by atoms with E-state index in [4.69, 9.17) is 0 Å². The first-order valence-electron chi connectivity index (χ1n) is 5.91. The summed E-state index contributed by atoms with van der Waals surface area (Å²) in [6.07, 6.45) is 5.32. The highest BCUT2D eigenvalue weighted by Crippen LogP contribution is 2.11. The SMILES string of the molecule is Cc1cccc(NC(=O)c2cccn3ccnc23)n1. The Balaban J connectivity index is 1.94. The molecular weight excluding hydrogens is 240 g/mol. The van der Waals surface area contributed by atoms with Gasteiger partial charge in [0.25, 0.3) is 5.91 Å². The van der Waals surface area contributed by atoms with Gasteiger partial charge in [-0.1, -0.05) is 6.07 Å². The van der Waals surface area contributed by atoms with E-state index < -0.39 is 0 Å². The molecule has 3 heterocycles. The molecule has 0 bridgehead atoms. The Morgan fingerprint density at radius 2 is 2.11 bits per heavy atom. The maximum absolute atomic E-state index is 12.2. The number of nitrogens with one attached hydrogen (secondary N) is 1. The smallest absolute Gasteiger partial charge is 0.260 e. The van der Waals surface area contributed by atoms with Crippen LogP contribution in [0.4, 0.5) is 5.82 Å². The van der Waals surface area contributed by atoms with E-state index >= 15 is 0 Å². The summed E-state index contributed by atoms with van der Waals surface area (Å²) in [6, 6.07) is 9.05. The van der Waals surface area contributed by atoms with Crippen molar-refractivity contribution >= 4 is 17.4 Å². The van der Waals surface area contributed by atoms with Gasteiger partial charge in [-0.15, -0.1) is 0 Å². The van der Waals surface area contributed by atoms with Crippen LogP contribution < -0.4 is 5.32 Å². The summed E-state index contributed by atoms with van der Waals surface area (Å²) in [4.78, 5) is 20.7. The number of rotatable bonds is 2. The molecular formula is C14H12N4O. The fraction of sp³-hybridized carbons (Fsp3) is 0.0714. The number of imidazole rings is 1. The van der Waals surface area contributed by atoms with Crippen LogP contribution >= 0.6 is 0 Å². The number of hydrogen-bond donors (Lipinski definition) is 1. The highest BCUT2D eigenvalue weighted by Gasteiger charge is 2.11. The number of carbonyl (C=O) groups is 1. The molecule has 19 heavy (non-hydrogen) atoms. The molecule has 5 heteroatoms. The van der Waals surface area contributed by atoms with Crippen molar-refractivity contribution in [1.29, 1.82) is 0 Å². The zero-order valence-electron chi connectivity index (χ0n) is 10.4. The van der Waals surface area contributed by atoms with Gasteiger partial charge in [-0.25, -0.2) is 9.97 Å². The number of pyridine rings is 2. The van der Waals surface area contributed by atoms with Crippen LogP contribution in [0, 0.1) is 6.92 Å². The van der Waals surface area contributed by atoms with Crippen LogP contribution in [-0.4, -0.2) is 20.3 Å². The minimum absolute atomic E-state index is 0.213. The zero-order chi connectivity index (χ0) is 13.2. The zero-order valence-corrected chi connectivity index (χ0v) is 10.4. The maximum Gasteiger partial charge on any atom is 0.260 e. The van der Waals surface area contributed by atoms with Crippen LogP contribution in [0.5, 0.6) is 0 Å². The van der Waals surface area contributed by atoms with Gasteiger partial charge in [0.1, 0.15) is 11.5 Å². The van der Waals surface area contributed by atoms with Gasteiger partial charge < -0.3 is 9.72 Å². The molecule has 0 saturated heterocycles. The Labute approximate surface area is 109 Å². The number of carbonyl (C=O) groups excluding carboxylic acids is 1. The van der Waals surface area contributed by atoms with Gasteiger partial charge in [-0.2, -0.15) is 0 Å². The second kappa shape index (κ2) is 4.53. The monoisotopic (exact) mass is 252 g/mol. The van der Waals surface area contributed by atoms with E-state index in [1.165, 1.54) is 0 Å². The highest BCUT2D eigenvalue weighted by molar-refractivity contribution is 6.07. The summed E-state index contributed by atoms with van der Waals surface area (Å²) in [5, 5.41) is 2.78. The quantitative estimate of drug-likeness (QED) is 0.761. The van der Waals surface area contributed by atoms with E-state index in [9.17, 15) is 4.79 Å². The molecule has 0 aliphatic carbocycles. The van der Waals surface area contributed by atoms with Crippen LogP contribution in [0.25, 0.3) is 5.65 Å². The molecule has 0 saturated carbocycles. The molecule has 0 unspecified atom stereocenters. The van der Waals surface area contributed by atoms with E-state index in [1.54, 1.807) is 28.9 Å². The Hall–Kier alpha value is -2.69. The van der Waals surface area contributed by atoms with E-state index in [0.29, 0.717) is 17.0 Å². The molecule has 0 aliphatic heterocycles.